The van der Waals surface area contributed by atoms with Crippen LogP contribution in [-0.2, 0) is 14.3 Å². The van der Waals surface area contributed by atoms with Crippen molar-refractivity contribution in [3.63, 3.8) is 0 Å². The number of alkyl halides is 5. The Morgan fingerprint density at radius 2 is 1.86 bits per heavy atom. The molecule has 0 aromatic carbocycles. The van der Waals surface area contributed by atoms with Crippen LogP contribution in [0.3, 0.4) is 0 Å². The summed E-state index contributed by atoms with van der Waals surface area (Å²) in [7, 11) is 1.01. The molecule has 0 N–H and O–H groups in total. The Balaban J connectivity index is 2.23. The van der Waals surface area contributed by atoms with E-state index in [4.69, 9.17) is 0 Å². The van der Waals surface area contributed by atoms with Gasteiger partial charge in [-0.05, 0) is 0 Å². The molecule has 1 saturated carbocycles. The number of rotatable bonds is 3. The van der Waals surface area contributed by atoms with Crippen molar-refractivity contribution in [1.82, 2.24) is 4.90 Å². The summed E-state index contributed by atoms with van der Waals surface area (Å²) >= 11 is 0. The molecule has 0 aromatic heterocycles. The number of amides is 1. The molecule has 0 unspecified atom stereocenters. The van der Waals surface area contributed by atoms with Crippen molar-refractivity contribution >= 4 is 11.9 Å². The van der Waals surface area contributed by atoms with Crippen LogP contribution in [0.1, 0.15) is 19.3 Å². The maximum absolute atomic E-state index is 13.4. The lowest BCUT2D eigenvalue weighted by Crippen LogP contribution is -2.61. The minimum atomic E-state index is -3.35. The largest absolute Gasteiger partial charge is 0.467 e. The van der Waals surface area contributed by atoms with Crippen LogP contribution in [0.25, 0.3) is 0 Å². The second kappa shape index (κ2) is 5.10. The maximum Gasteiger partial charge on any atom is 0.328 e. The van der Waals surface area contributed by atoms with Gasteiger partial charge in [0.25, 0.3) is 12.3 Å². The first-order valence-electron chi connectivity index (χ1n) is 6.32. The Bertz CT molecular complexity index is 448. The lowest BCUT2D eigenvalue weighted by Gasteiger charge is -2.47. The van der Waals surface area contributed by atoms with E-state index in [0.717, 1.165) is 7.11 Å². The van der Waals surface area contributed by atoms with Crippen molar-refractivity contribution in [3.05, 3.63) is 0 Å². The highest BCUT2D eigenvalue weighted by Crippen LogP contribution is 2.56. The van der Waals surface area contributed by atoms with Gasteiger partial charge in [-0.1, -0.05) is 0 Å². The third-order valence-electron chi connectivity index (χ3n) is 3.98. The standard InChI is InChI=1S/C12H14F5NO3/c1-21-8(19)7-2-6(13)3-18(7)10(20)11(9(14)15)4-12(16,17)5-11/h6-7,9H,2-5H2,1H3/t6-,7+/m1/s1. The minimum Gasteiger partial charge on any atom is -0.467 e. The summed E-state index contributed by atoms with van der Waals surface area (Å²) in [4.78, 5) is 24.3. The van der Waals surface area contributed by atoms with E-state index in [9.17, 15) is 31.5 Å². The second-order valence-electron chi connectivity index (χ2n) is 5.50. The maximum atomic E-state index is 13.4. The van der Waals surface area contributed by atoms with Crippen LogP contribution < -0.4 is 0 Å². The molecule has 9 heteroatoms. The molecule has 1 saturated heterocycles. The fourth-order valence-electron chi connectivity index (χ4n) is 2.92. The van der Waals surface area contributed by atoms with E-state index in [1.54, 1.807) is 0 Å². The molecule has 2 atom stereocenters. The molecule has 0 bridgehead atoms. The number of likely N-dealkylation sites (tertiary alicyclic amines) is 1. The highest BCUT2D eigenvalue weighted by atomic mass is 19.3. The Morgan fingerprint density at radius 1 is 1.29 bits per heavy atom. The predicted molar refractivity (Wildman–Crippen MR) is 59.6 cm³/mol. The average molecular weight is 315 g/mol. The van der Waals surface area contributed by atoms with Gasteiger partial charge in [0.2, 0.25) is 5.91 Å². The first-order valence-corrected chi connectivity index (χ1v) is 6.32. The molecule has 21 heavy (non-hydrogen) atoms. The smallest absolute Gasteiger partial charge is 0.328 e. The molecule has 1 aliphatic carbocycles. The zero-order valence-electron chi connectivity index (χ0n) is 11.1. The summed E-state index contributed by atoms with van der Waals surface area (Å²) in [6.45, 7) is -0.571. The van der Waals surface area contributed by atoms with Crippen LogP contribution in [-0.4, -0.2) is 55.0 Å². The van der Waals surface area contributed by atoms with E-state index in [1.165, 1.54) is 0 Å². The number of esters is 1. The number of hydrogen-bond acceptors (Lipinski definition) is 3. The lowest BCUT2D eigenvalue weighted by atomic mass is 9.65. The average Bonchev–Trinajstić information content (AvgIpc) is 2.75. The predicted octanol–water partition coefficient (Wildman–Crippen LogP) is 1.78. The lowest BCUT2D eigenvalue weighted by molar-refractivity contribution is -0.219. The van der Waals surface area contributed by atoms with Crippen LogP contribution >= 0.6 is 0 Å². The topological polar surface area (TPSA) is 46.6 Å². The van der Waals surface area contributed by atoms with Gasteiger partial charge in [-0.25, -0.2) is 26.7 Å². The molecule has 1 aliphatic heterocycles. The molecular formula is C12H14F5NO3. The minimum absolute atomic E-state index is 0.381. The summed E-state index contributed by atoms with van der Waals surface area (Å²) < 4.78 is 69.9. The molecule has 2 aliphatic rings. The van der Waals surface area contributed by atoms with Crippen LogP contribution in [0.15, 0.2) is 0 Å². The van der Waals surface area contributed by atoms with E-state index in [0.29, 0.717) is 4.90 Å². The SMILES string of the molecule is COC(=O)[C@@H]1C[C@@H](F)CN1C(=O)C1(C(F)F)CC(F)(F)C1. The second-order valence-corrected chi connectivity index (χ2v) is 5.50. The first kappa shape index (κ1) is 16.0. The zero-order valence-corrected chi connectivity index (χ0v) is 11.1. The normalized spacial score (nSPS) is 30.1. The molecule has 120 valence electrons. The molecule has 2 fully saturated rings. The summed E-state index contributed by atoms with van der Waals surface area (Å²) in [5, 5.41) is 0. The van der Waals surface area contributed by atoms with Gasteiger partial charge >= 0.3 is 5.97 Å². The zero-order chi connectivity index (χ0) is 16.0. The number of carbonyl (C=O) groups is 2. The quantitative estimate of drug-likeness (QED) is 0.589. The fourth-order valence-corrected chi connectivity index (χ4v) is 2.92. The number of nitrogens with zero attached hydrogens (tertiary/aromatic N) is 1. The van der Waals surface area contributed by atoms with Gasteiger partial charge < -0.3 is 9.64 Å². The van der Waals surface area contributed by atoms with E-state index in [2.05, 4.69) is 4.74 Å². The summed E-state index contributed by atoms with van der Waals surface area (Å²) in [6, 6.07) is -1.35. The third kappa shape index (κ3) is 2.57. The van der Waals surface area contributed by atoms with Gasteiger partial charge in [-0.3, -0.25) is 4.79 Å². The molecule has 4 nitrogen and oxygen atoms in total. The Kier molecular flexibility index (Phi) is 3.88. The van der Waals surface area contributed by atoms with Crippen LogP contribution in [0.2, 0.25) is 0 Å². The number of methoxy groups -OCH3 is 1. The van der Waals surface area contributed by atoms with Crippen molar-refractivity contribution in [2.24, 2.45) is 5.41 Å². The summed E-state index contributed by atoms with van der Waals surface area (Å²) in [5.74, 6) is -5.60. The number of halogens is 5. The summed E-state index contributed by atoms with van der Waals surface area (Å²) in [5.41, 5.74) is -2.54. The Morgan fingerprint density at radius 3 is 2.29 bits per heavy atom. The van der Waals surface area contributed by atoms with Gasteiger partial charge in [0.15, 0.2) is 0 Å². The number of hydrogen-bond donors (Lipinski definition) is 0. The van der Waals surface area contributed by atoms with Gasteiger partial charge in [0.1, 0.15) is 17.6 Å². The Labute approximate surface area is 117 Å². The molecule has 0 aromatic rings. The van der Waals surface area contributed by atoms with Crippen LogP contribution in [0, 0.1) is 5.41 Å². The highest BCUT2D eigenvalue weighted by Gasteiger charge is 2.67. The molecule has 0 radical (unpaired) electrons. The van der Waals surface area contributed by atoms with Crippen molar-refractivity contribution in [3.8, 4) is 0 Å². The third-order valence-corrected chi connectivity index (χ3v) is 3.98. The monoisotopic (exact) mass is 315 g/mol. The number of ether oxygens (including phenoxy) is 1. The molecule has 0 spiro atoms. The van der Waals surface area contributed by atoms with E-state index >= 15 is 0 Å². The molecule has 2 rings (SSSR count). The van der Waals surface area contributed by atoms with Crippen LogP contribution in [0.4, 0.5) is 22.0 Å². The Hall–Kier alpha value is -1.41. The number of carbonyl (C=O) groups excluding carboxylic acids is 2. The first-order chi connectivity index (χ1) is 9.63. The van der Waals surface area contributed by atoms with E-state index in [1.807, 2.05) is 0 Å². The van der Waals surface area contributed by atoms with Crippen LogP contribution in [0.5, 0.6) is 0 Å². The van der Waals surface area contributed by atoms with Gasteiger partial charge in [0.05, 0.1) is 13.7 Å². The van der Waals surface area contributed by atoms with Gasteiger partial charge in [0, 0.05) is 19.3 Å². The van der Waals surface area contributed by atoms with Crippen molar-refractivity contribution < 1.29 is 36.3 Å². The van der Waals surface area contributed by atoms with Crippen molar-refractivity contribution in [1.29, 1.82) is 0 Å². The van der Waals surface area contributed by atoms with Crippen molar-refractivity contribution in [2.75, 3.05) is 13.7 Å². The summed E-state index contributed by atoms with van der Waals surface area (Å²) in [6.07, 6.45) is -7.85. The molecule has 1 amide bonds. The van der Waals surface area contributed by atoms with E-state index < -0.39 is 61.2 Å². The molecular weight excluding hydrogens is 301 g/mol. The van der Waals surface area contributed by atoms with Crippen molar-refractivity contribution in [2.45, 2.75) is 43.8 Å². The van der Waals surface area contributed by atoms with Gasteiger partial charge in [-0.2, -0.15) is 0 Å². The molecule has 1 heterocycles. The van der Waals surface area contributed by atoms with E-state index in [-0.39, 0.29) is 6.42 Å². The van der Waals surface area contributed by atoms with Gasteiger partial charge in [-0.15, -0.1) is 0 Å². The highest BCUT2D eigenvalue weighted by molar-refractivity contribution is 5.90. The fraction of sp³-hybridized carbons (Fsp3) is 0.833.